The van der Waals surface area contributed by atoms with Gasteiger partial charge in [-0.2, -0.15) is 0 Å². The summed E-state index contributed by atoms with van der Waals surface area (Å²) >= 11 is 6.81. The molecule has 7 nitrogen and oxygen atoms in total. The molecular formula is C109H89BBrN2Na2O5P4PdS2-. The predicted octanol–water partition coefficient (Wildman–Crippen LogP) is 21.6. The number of anilines is 2. The molecule has 18 heteroatoms. The van der Waals surface area contributed by atoms with Crippen molar-refractivity contribution in [3.8, 4) is 11.1 Å². The van der Waals surface area contributed by atoms with Gasteiger partial charge < -0.3 is 31.2 Å². The Morgan fingerprint density at radius 1 is 0.260 bits per heavy atom. The van der Waals surface area contributed by atoms with E-state index in [0.717, 1.165) is 27.0 Å². The zero-order valence-corrected chi connectivity index (χ0v) is 82.4. The van der Waals surface area contributed by atoms with Gasteiger partial charge in [0, 0.05) is 136 Å². The molecule has 20 aromatic rings. The molecule has 2 aromatic heterocycles. The van der Waals surface area contributed by atoms with Crippen LogP contribution in [0.25, 0.3) is 51.5 Å². The second kappa shape index (κ2) is 53.9. The van der Waals surface area contributed by atoms with Crippen molar-refractivity contribution < 1.29 is 45.4 Å². The van der Waals surface area contributed by atoms with Crippen molar-refractivity contribution >= 4 is 264 Å². The number of carbonyl (C=O) groups excluding carboxylic acids is 1. The van der Waals surface area contributed by atoms with Gasteiger partial charge in [-0.25, -0.2) is 5.26 Å². The summed E-state index contributed by atoms with van der Waals surface area (Å²) in [6.45, 7) is 0.736. The standard InChI is InChI=1S/C18H13NS.4C18H15P.C12H9BO2S.C6H6BrN.CHO3.2Na.Pd/c19-14-8-5-12(6-9-14)13-7-10-16-15-3-1-2-4-17(15)20-18(16)11-13;4*1-4-10-16(11-5-1)19(17-12-6-2-7-13-17)18-14-8-3-9-15-18;14-13(15)8-5-6-10-9-3-1-2-4-11(9)16-12(10)7-8;7-5-1-3-6(8)4-2-5;2-1-4-3;;;/h1-11H,19H2;4*1-15H;1-7,14-15H;1-4H,8H2;3H;;;/q;;;;;;;-1;;;. The molecule has 0 unspecified atom stereocenters. The van der Waals surface area contributed by atoms with E-state index in [2.05, 4.69) is 452 Å². The molecule has 20 rings (SSSR count). The van der Waals surface area contributed by atoms with Gasteiger partial charge in [-0.1, -0.05) is 453 Å². The Hall–Kier alpha value is -9.72. The number of rotatable bonds is 15. The van der Waals surface area contributed by atoms with E-state index in [9.17, 15) is 0 Å². The van der Waals surface area contributed by atoms with Crippen LogP contribution in [0.5, 0.6) is 0 Å². The molecule has 0 fully saturated rings. The summed E-state index contributed by atoms with van der Waals surface area (Å²) in [5.41, 5.74) is 15.7. The normalized spacial score (nSPS) is 10.2. The van der Waals surface area contributed by atoms with E-state index in [-0.39, 0.29) is 79.5 Å². The summed E-state index contributed by atoms with van der Waals surface area (Å²) in [4.78, 5) is 11.3. The topological polar surface area (TPSA) is 139 Å². The number of nitrogens with two attached hydrogens (primary N) is 2. The van der Waals surface area contributed by atoms with E-state index < -0.39 is 38.8 Å². The fourth-order valence-electron chi connectivity index (χ4n) is 13.7. The van der Waals surface area contributed by atoms with Crippen LogP contribution in [-0.2, 0) is 30.1 Å². The minimum atomic E-state index is -1.39. The quantitative estimate of drug-likeness (QED) is 0.0172. The SMILES string of the molecule is Nc1ccc(-c2ccc3c(c2)sc2ccccc23)cc1.Nc1ccc(Br)cc1.O=[C-]OO.OB(O)c1ccc2c(c1)sc1ccccc12.[Na].[Na].[Pd].c1ccc(P(c2ccccc2)c2ccccc2)cc1.c1ccc(P(c2ccccc2)c2ccccc2)cc1.c1ccc(P(c2ccccc2)c2ccccc2)cc1.c1ccc(P(c2ccccc2)c2ccccc2)cc1. The van der Waals surface area contributed by atoms with Gasteiger partial charge in [-0.3, -0.25) is 0 Å². The molecule has 2 heterocycles. The van der Waals surface area contributed by atoms with Gasteiger partial charge in [0.05, 0.1) is 0 Å². The summed E-state index contributed by atoms with van der Waals surface area (Å²) in [5, 5.41) is 47.0. The van der Waals surface area contributed by atoms with Gasteiger partial charge in [0.1, 0.15) is 0 Å². The molecule has 2 radical (unpaired) electrons. The van der Waals surface area contributed by atoms with E-state index in [1.165, 1.54) is 110 Å². The third-order valence-corrected chi connectivity index (χ3v) is 32.0. The molecular weight excluding hydrogens is 1850 g/mol. The first kappa shape index (κ1) is 99.4. The maximum Gasteiger partial charge on any atom is 0.488 e. The minimum absolute atomic E-state index is 0. The number of hydrogen-bond acceptors (Lipinski definition) is 9. The Kier molecular flexibility index (Phi) is 42.2. The van der Waals surface area contributed by atoms with E-state index in [0.29, 0.717) is 5.46 Å². The maximum absolute atomic E-state index is 9.12. The van der Waals surface area contributed by atoms with Crippen LogP contribution in [0.2, 0.25) is 0 Å². The van der Waals surface area contributed by atoms with Crippen LogP contribution >= 0.6 is 70.3 Å². The van der Waals surface area contributed by atoms with Crippen LogP contribution in [0.15, 0.2) is 502 Å². The largest absolute Gasteiger partial charge is 0.509 e. The zero-order valence-electron chi connectivity index (χ0n) is 70.0. The molecule has 0 saturated heterocycles. The molecule has 0 bridgehead atoms. The smallest absolute Gasteiger partial charge is 0.488 e. The monoisotopic (exact) mass is 1940 g/mol. The first-order valence-corrected chi connectivity index (χ1v) is 47.9. The molecule has 127 heavy (non-hydrogen) atoms. The van der Waals surface area contributed by atoms with Crippen molar-refractivity contribution in [2.45, 2.75) is 0 Å². The van der Waals surface area contributed by atoms with E-state index in [4.69, 9.17) is 31.6 Å². The number of thiophene rings is 2. The van der Waals surface area contributed by atoms with Crippen LogP contribution < -0.4 is 80.6 Å². The average Bonchev–Trinajstić information content (AvgIpc) is 1.57. The second-order valence-corrected chi connectivity index (χ2v) is 39.7. The van der Waals surface area contributed by atoms with Crippen molar-refractivity contribution in [1.82, 2.24) is 0 Å². The molecule has 18 aromatic carbocycles. The molecule has 0 atom stereocenters. The average molecular weight is 1940 g/mol. The van der Waals surface area contributed by atoms with E-state index in [1.54, 1.807) is 17.4 Å². The Bertz CT molecular complexity index is 5640. The zero-order chi connectivity index (χ0) is 85.7. The van der Waals surface area contributed by atoms with Gasteiger partial charge in [0.15, 0.2) is 0 Å². The fraction of sp³-hybridized carbons (Fsp3) is 0. The van der Waals surface area contributed by atoms with Crippen molar-refractivity contribution in [3.05, 3.63) is 502 Å². The second-order valence-electron chi connectivity index (χ2n) is 27.8. The maximum atomic E-state index is 9.12. The number of nitrogen functional groups attached to an aromatic ring is 2. The Morgan fingerprint density at radius 3 is 0.685 bits per heavy atom. The summed E-state index contributed by atoms with van der Waals surface area (Å²) in [7, 11) is -3.18. The Balaban J connectivity index is 0.000000154. The van der Waals surface area contributed by atoms with Gasteiger partial charge in [0.2, 0.25) is 0 Å². The fourth-order valence-corrected chi connectivity index (χ4v) is 25.4. The minimum Gasteiger partial charge on any atom is -0.509 e. The number of fused-ring (bicyclic) bond motifs is 6. The van der Waals surface area contributed by atoms with Crippen LogP contribution in [0.3, 0.4) is 0 Å². The van der Waals surface area contributed by atoms with Gasteiger partial charge in [-0.05, 0) is 179 Å². The number of halogens is 1. The summed E-state index contributed by atoms with van der Waals surface area (Å²) in [6, 6.07) is 174. The van der Waals surface area contributed by atoms with E-state index in [1.807, 2.05) is 72.0 Å². The Labute approximate surface area is 824 Å². The first-order chi connectivity index (χ1) is 61.1. The van der Waals surface area contributed by atoms with Crippen molar-refractivity contribution in [2.24, 2.45) is 0 Å². The number of benzene rings is 18. The third kappa shape index (κ3) is 29.4. The molecule has 0 aliphatic carbocycles. The van der Waals surface area contributed by atoms with Gasteiger partial charge in [-0.15, -0.1) is 22.7 Å². The molecule has 0 amide bonds. The number of hydrogen-bond donors (Lipinski definition) is 5. The molecule has 0 saturated carbocycles. The van der Waals surface area contributed by atoms with Crippen LogP contribution in [0, 0.1) is 0 Å². The molecule has 620 valence electrons. The summed E-state index contributed by atoms with van der Waals surface area (Å²) < 4.78 is 6.05. The van der Waals surface area contributed by atoms with Gasteiger partial charge in [0.25, 0.3) is 0 Å². The van der Waals surface area contributed by atoms with Crippen LogP contribution in [0.1, 0.15) is 0 Å². The van der Waals surface area contributed by atoms with Crippen molar-refractivity contribution in [1.29, 1.82) is 0 Å². The van der Waals surface area contributed by atoms with Gasteiger partial charge >= 0.3 is 7.12 Å². The van der Waals surface area contributed by atoms with Crippen molar-refractivity contribution in [3.63, 3.8) is 0 Å². The van der Waals surface area contributed by atoms with Crippen LogP contribution in [-0.4, -0.2) is 88.0 Å². The molecule has 0 aliphatic rings. The molecule has 0 spiro atoms. The predicted molar refractivity (Wildman–Crippen MR) is 558 cm³/mol. The third-order valence-electron chi connectivity index (χ3n) is 19.4. The Morgan fingerprint density at radius 2 is 0.457 bits per heavy atom. The van der Waals surface area contributed by atoms with E-state index >= 15 is 0 Å². The molecule has 0 aliphatic heterocycles. The summed E-state index contributed by atoms with van der Waals surface area (Å²) in [6.07, 6.45) is 0. The van der Waals surface area contributed by atoms with Crippen molar-refractivity contribution in [2.75, 3.05) is 11.5 Å². The summed E-state index contributed by atoms with van der Waals surface area (Å²) in [5.74, 6) is 0. The van der Waals surface area contributed by atoms with Crippen LogP contribution in [0.4, 0.5) is 11.4 Å². The molecule has 7 N–H and O–H groups in total. The first-order valence-electron chi connectivity index (χ1n) is 40.1.